The molecule has 4 N–H and O–H groups in total. The van der Waals surface area contributed by atoms with Gasteiger partial charge in [0, 0.05) is 73.4 Å². The summed E-state index contributed by atoms with van der Waals surface area (Å²) in [6.45, 7) is 10.8. The minimum atomic E-state index is -0.261. The van der Waals surface area contributed by atoms with E-state index < -0.39 is 0 Å². The lowest BCUT2D eigenvalue weighted by molar-refractivity contribution is -0.121. The zero-order valence-electron chi connectivity index (χ0n) is 47.0. The molecule has 3 aliphatic carbocycles. The van der Waals surface area contributed by atoms with Crippen LogP contribution in [0.5, 0.6) is 5.75 Å². The number of carbonyl (C=O) groups is 4. The van der Waals surface area contributed by atoms with Crippen molar-refractivity contribution in [2.45, 2.75) is 122 Å². The summed E-state index contributed by atoms with van der Waals surface area (Å²) < 4.78 is 44.8. The van der Waals surface area contributed by atoms with Gasteiger partial charge in [0.1, 0.15) is 41.0 Å². The van der Waals surface area contributed by atoms with Crippen molar-refractivity contribution in [3.8, 4) is 5.75 Å². The standard InChI is InChI=1S/C20H26N4O4.C20H25N3O4.C20H27N3O3/c1-21-20(26)14-9-18-22-16(17-12-27-7-8-28-17)11-24(18)10-15(14)23-19(25)13-5-3-2-4-6-13;1-13(24)15-9-19-21-17(18-12-26-7-8-27-18)11-23(19)10-16(15)22-20(25)14-5-3-2-4-6-14;1-14(15-6-4-3-5-7-15)21-16-11-23-12-17(19-13-25-8-9-26-19)22-20(23)10-18(16)24-2/h9-11,13,17H,2-8,12H2,1H3,(H,21,26)(H,23,25);9-11,14,18H,2-8,12H2,1H3,(H,22,25);10-12,15,19,21H,1,3-9,13H2,2H3. The molecule has 0 bridgehead atoms. The molecule has 3 atom stereocenters. The number of fused-ring (bicyclic) bond motifs is 3. The normalized spacial score (nSPS) is 21.2. The predicted molar refractivity (Wildman–Crippen MR) is 304 cm³/mol. The fourth-order valence-electron chi connectivity index (χ4n) is 11.6. The Morgan fingerprint density at radius 2 is 0.914 bits per heavy atom. The van der Waals surface area contributed by atoms with E-state index in [4.69, 9.17) is 33.2 Å². The summed E-state index contributed by atoms with van der Waals surface area (Å²) in [6.07, 6.45) is 27.4. The molecule has 434 valence electrons. The lowest BCUT2D eigenvalue weighted by Crippen LogP contribution is -2.27. The molecule has 3 aliphatic heterocycles. The average Bonchev–Trinajstić information content (AvgIpc) is 4.48. The molecule has 0 aromatic carbocycles. The van der Waals surface area contributed by atoms with E-state index in [1.165, 1.54) is 51.9 Å². The number of aromatic nitrogens is 6. The summed E-state index contributed by atoms with van der Waals surface area (Å²) >= 11 is 0. The fourth-order valence-corrected chi connectivity index (χ4v) is 11.6. The van der Waals surface area contributed by atoms with Crippen LogP contribution in [-0.4, -0.2) is 125 Å². The summed E-state index contributed by atoms with van der Waals surface area (Å²) in [5.74, 6) is 0.965. The SMILES string of the molecule is C=C(Nc1cn2cc(C3COCCO3)nc2cc1OC)C1CCCCC1.CC(=O)c1cc2nc(C3COCCO3)cn2cc1NC(=O)C1CCCCC1.CNC(=O)c1cc2nc(C3COCCO3)cn2cc1NC(=O)C1CCCCC1. The van der Waals surface area contributed by atoms with Crippen molar-refractivity contribution in [3.05, 3.63) is 95.9 Å². The Labute approximate surface area is 472 Å². The summed E-state index contributed by atoms with van der Waals surface area (Å²) in [6, 6.07) is 5.37. The molecule has 3 amide bonds. The van der Waals surface area contributed by atoms with Gasteiger partial charge in [-0.1, -0.05) is 64.4 Å². The molecule has 9 heterocycles. The zero-order valence-corrected chi connectivity index (χ0v) is 47.0. The number of imidazole rings is 3. The Morgan fingerprint density at radius 3 is 1.31 bits per heavy atom. The molecule has 3 saturated heterocycles. The van der Waals surface area contributed by atoms with Crippen LogP contribution in [0.4, 0.5) is 17.1 Å². The number of allylic oxidation sites excluding steroid dienone is 1. The Balaban J connectivity index is 0.000000136. The van der Waals surface area contributed by atoms with Gasteiger partial charge in [-0.15, -0.1) is 0 Å². The highest BCUT2D eigenvalue weighted by Gasteiger charge is 2.28. The number of hydrogen-bond donors (Lipinski definition) is 4. The second-order valence-electron chi connectivity index (χ2n) is 21.8. The summed E-state index contributed by atoms with van der Waals surface area (Å²) in [5, 5.41) is 12.1. The van der Waals surface area contributed by atoms with Crippen molar-refractivity contribution in [2.75, 3.05) is 89.6 Å². The number of ether oxygens (including phenoxy) is 7. The minimum absolute atomic E-state index is 0.000836. The number of carbonyl (C=O) groups excluding carboxylic acids is 4. The topological polar surface area (TPSA) is 233 Å². The lowest BCUT2D eigenvalue weighted by Gasteiger charge is -2.25. The number of methoxy groups -OCH3 is 1. The number of nitrogens with one attached hydrogen (secondary N) is 4. The van der Waals surface area contributed by atoms with Crippen molar-refractivity contribution < 1.29 is 52.3 Å². The van der Waals surface area contributed by atoms with E-state index in [2.05, 4.69) is 42.8 Å². The highest BCUT2D eigenvalue weighted by atomic mass is 16.6. The second-order valence-corrected chi connectivity index (χ2v) is 21.8. The van der Waals surface area contributed by atoms with Crippen LogP contribution in [0.15, 0.2) is 67.7 Å². The monoisotopic (exact) mass is 1110 g/mol. The third-order valence-corrected chi connectivity index (χ3v) is 16.2. The first kappa shape index (κ1) is 57.5. The Kier molecular flexibility index (Phi) is 19.4. The molecular formula is C60H78N10O11. The van der Waals surface area contributed by atoms with Crippen LogP contribution in [0.25, 0.3) is 16.9 Å². The van der Waals surface area contributed by atoms with Crippen molar-refractivity contribution >= 4 is 57.5 Å². The highest BCUT2D eigenvalue weighted by molar-refractivity contribution is 6.05. The van der Waals surface area contributed by atoms with Gasteiger partial charge in [-0.25, -0.2) is 15.0 Å². The van der Waals surface area contributed by atoms with E-state index in [0.29, 0.717) is 99.2 Å². The number of anilines is 3. The van der Waals surface area contributed by atoms with Gasteiger partial charge in [-0.05, 0) is 63.5 Å². The van der Waals surface area contributed by atoms with Crippen molar-refractivity contribution in [1.82, 2.24) is 33.5 Å². The van der Waals surface area contributed by atoms with Crippen LogP contribution >= 0.6 is 0 Å². The van der Waals surface area contributed by atoms with Gasteiger partial charge in [0.15, 0.2) is 5.78 Å². The van der Waals surface area contributed by atoms with Gasteiger partial charge in [0.2, 0.25) is 11.8 Å². The van der Waals surface area contributed by atoms with Crippen molar-refractivity contribution in [1.29, 1.82) is 0 Å². The highest BCUT2D eigenvalue weighted by Crippen LogP contribution is 2.35. The van der Waals surface area contributed by atoms with Gasteiger partial charge >= 0.3 is 0 Å². The van der Waals surface area contributed by atoms with Gasteiger partial charge in [-0.2, -0.15) is 0 Å². The predicted octanol–water partition coefficient (Wildman–Crippen LogP) is 9.38. The van der Waals surface area contributed by atoms with Gasteiger partial charge < -0.3 is 67.6 Å². The van der Waals surface area contributed by atoms with E-state index in [9.17, 15) is 19.2 Å². The number of rotatable bonds is 13. The first-order valence-corrected chi connectivity index (χ1v) is 29.0. The second kappa shape index (κ2) is 27.3. The average molecular weight is 1120 g/mol. The molecule has 12 rings (SSSR count). The van der Waals surface area contributed by atoms with Gasteiger partial charge in [0.05, 0.1) is 106 Å². The molecule has 21 nitrogen and oxygen atoms in total. The summed E-state index contributed by atoms with van der Waals surface area (Å²) in [7, 11) is 3.26. The number of hydrogen-bond acceptors (Lipinski definition) is 15. The van der Waals surface area contributed by atoms with E-state index >= 15 is 0 Å². The van der Waals surface area contributed by atoms with E-state index in [-0.39, 0.29) is 53.7 Å². The number of nitrogens with zero attached hydrogens (tertiary/aromatic N) is 6. The Bertz CT molecular complexity index is 3150. The van der Waals surface area contributed by atoms with Crippen LogP contribution < -0.4 is 26.0 Å². The molecule has 3 unspecified atom stereocenters. The number of amides is 3. The summed E-state index contributed by atoms with van der Waals surface area (Å²) in [4.78, 5) is 63.8. The van der Waals surface area contributed by atoms with Gasteiger partial charge in [0.25, 0.3) is 5.91 Å². The van der Waals surface area contributed by atoms with Crippen LogP contribution in [-0.2, 0) is 38.0 Å². The van der Waals surface area contributed by atoms with Crippen molar-refractivity contribution in [2.24, 2.45) is 17.8 Å². The molecule has 0 spiro atoms. The van der Waals surface area contributed by atoms with E-state index in [0.717, 1.165) is 91.2 Å². The summed E-state index contributed by atoms with van der Waals surface area (Å²) in [5.41, 5.74) is 8.41. The molecule has 6 aromatic heterocycles. The maximum absolute atomic E-state index is 12.7. The number of Topliss-reactive ketones (excluding diaryl/α,β-unsaturated/α-hetero) is 1. The van der Waals surface area contributed by atoms with Gasteiger partial charge in [-0.3, -0.25) is 19.2 Å². The molecule has 3 saturated carbocycles. The third kappa shape index (κ3) is 14.3. The maximum Gasteiger partial charge on any atom is 0.253 e. The van der Waals surface area contributed by atoms with E-state index in [1.807, 2.05) is 44.1 Å². The molecule has 21 heteroatoms. The number of ketones is 1. The van der Waals surface area contributed by atoms with Crippen LogP contribution in [0.1, 0.15) is 159 Å². The zero-order chi connectivity index (χ0) is 56.2. The maximum atomic E-state index is 12.7. The molecule has 0 radical (unpaired) electrons. The van der Waals surface area contributed by atoms with Crippen molar-refractivity contribution in [3.63, 3.8) is 0 Å². The quantitative estimate of drug-likeness (QED) is 0.0789. The Morgan fingerprint density at radius 1 is 0.519 bits per heavy atom. The smallest absolute Gasteiger partial charge is 0.253 e. The first-order valence-electron chi connectivity index (χ1n) is 29.0. The molecule has 6 fully saturated rings. The third-order valence-electron chi connectivity index (χ3n) is 16.2. The van der Waals surface area contributed by atoms with Crippen LogP contribution in [0, 0.1) is 17.8 Å². The first-order chi connectivity index (χ1) is 39.5. The Hall–Kier alpha value is -6.75. The molecule has 6 aromatic rings. The molecule has 6 aliphatic rings. The lowest BCUT2D eigenvalue weighted by atomic mass is 9.87. The number of pyridine rings is 3. The largest absolute Gasteiger partial charge is 0.494 e. The minimum Gasteiger partial charge on any atom is -0.494 e. The van der Waals surface area contributed by atoms with Crippen LogP contribution in [0.3, 0.4) is 0 Å². The van der Waals surface area contributed by atoms with Crippen LogP contribution in [0.2, 0.25) is 0 Å². The van der Waals surface area contributed by atoms with E-state index in [1.54, 1.807) is 38.7 Å². The molecular weight excluding hydrogens is 1040 g/mol. The fraction of sp³-hybridized carbons (Fsp3) is 0.550. The molecule has 81 heavy (non-hydrogen) atoms.